The van der Waals surface area contributed by atoms with E-state index in [1.54, 1.807) is 12.1 Å². The fourth-order valence-electron chi connectivity index (χ4n) is 5.25. The summed E-state index contributed by atoms with van der Waals surface area (Å²) in [5.41, 5.74) is 9.17. The van der Waals surface area contributed by atoms with Gasteiger partial charge in [0.05, 0.1) is 5.41 Å². The van der Waals surface area contributed by atoms with E-state index in [1.807, 2.05) is 26.0 Å². The zero-order chi connectivity index (χ0) is 21.9. The van der Waals surface area contributed by atoms with Gasteiger partial charge in [-0.2, -0.15) is 0 Å². The molecule has 0 amide bonds. The largest absolute Gasteiger partial charge is 0.207 e. The highest BCUT2D eigenvalue weighted by Crippen LogP contribution is 2.56. The third kappa shape index (κ3) is 2.93. The number of fused-ring (bicyclic) bond motifs is 3. The minimum Gasteiger partial charge on any atom is -0.207 e. The summed E-state index contributed by atoms with van der Waals surface area (Å²) in [6, 6.07) is 23.2. The van der Waals surface area contributed by atoms with Gasteiger partial charge < -0.3 is 0 Å². The second kappa shape index (κ2) is 6.88. The standard InChI is InChI=1S/C29H24F2/c1-17-5-7-25-26-8-6-18(2)14-28(26)29(27(25)13-17,21-9-19(3)11-23(30)15-21)22-10-20(4)12-24(31)16-22/h5-16H,1-4H3. The van der Waals surface area contributed by atoms with Gasteiger partial charge in [0.1, 0.15) is 11.6 Å². The van der Waals surface area contributed by atoms with E-state index in [2.05, 4.69) is 50.2 Å². The Labute approximate surface area is 182 Å². The quantitative estimate of drug-likeness (QED) is 0.282. The Hall–Kier alpha value is -3.26. The molecule has 4 aromatic rings. The molecule has 1 aliphatic carbocycles. The summed E-state index contributed by atoms with van der Waals surface area (Å²) in [5.74, 6) is -0.560. The van der Waals surface area contributed by atoms with Crippen molar-refractivity contribution in [3.05, 3.63) is 129 Å². The highest BCUT2D eigenvalue weighted by Gasteiger charge is 2.46. The number of rotatable bonds is 2. The van der Waals surface area contributed by atoms with E-state index < -0.39 is 5.41 Å². The Morgan fingerprint density at radius 1 is 0.484 bits per heavy atom. The van der Waals surface area contributed by atoms with Gasteiger partial charge in [-0.15, -0.1) is 0 Å². The van der Waals surface area contributed by atoms with Crippen molar-refractivity contribution >= 4 is 0 Å². The normalized spacial score (nSPS) is 13.7. The number of hydrogen-bond donors (Lipinski definition) is 0. The van der Waals surface area contributed by atoms with Gasteiger partial charge in [0, 0.05) is 0 Å². The summed E-state index contributed by atoms with van der Waals surface area (Å²) < 4.78 is 29.5. The third-order valence-electron chi connectivity index (χ3n) is 6.40. The van der Waals surface area contributed by atoms with Crippen molar-refractivity contribution in [3.8, 4) is 11.1 Å². The topological polar surface area (TPSA) is 0 Å². The van der Waals surface area contributed by atoms with Crippen molar-refractivity contribution in [1.29, 1.82) is 0 Å². The second-order valence-electron chi connectivity index (χ2n) is 8.88. The van der Waals surface area contributed by atoms with Crippen LogP contribution in [0.5, 0.6) is 0 Å². The van der Waals surface area contributed by atoms with Gasteiger partial charge in [-0.25, -0.2) is 8.78 Å². The highest BCUT2D eigenvalue weighted by atomic mass is 19.1. The molecule has 0 N–H and O–H groups in total. The van der Waals surface area contributed by atoms with Crippen LogP contribution in [0.25, 0.3) is 11.1 Å². The fraction of sp³-hybridized carbons (Fsp3) is 0.172. The Kier molecular flexibility index (Phi) is 4.37. The van der Waals surface area contributed by atoms with Crippen LogP contribution in [0.3, 0.4) is 0 Å². The molecule has 0 radical (unpaired) electrons. The van der Waals surface area contributed by atoms with Crippen molar-refractivity contribution in [2.45, 2.75) is 33.1 Å². The molecule has 0 saturated heterocycles. The Morgan fingerprint density at radius 3 is 1.29 bits per heavy atom. The van der Waals surface area contributed by atoms with Crippen LogP contribution in [-0.4, -0.2) is 0 Å². The zero-order valence-electron chi connectivity index (χ0n) is 18.2. The summed E-state index contributed by atoms with van der Waals surface area (Å²) in [4.78, 5) is 0. The lowest BCUT2D eigenvalue weighted by molar-refractivity contribution is 0.612. The van der Waals surface area contributed by atoms with Gasteiger partial charge in [-0.05, 0) is 96.5 Å². The maximum atomic E-state index is 14.8. The Bertz CT molecular complexity index is 1200. The van der Waals surface area contributed by atoms with Gasteiger partial charge in [0.15, 0.2) is 0 Å². The Balaban J connectivity index is 2.03. The summed E-state index contributed by atoms with van der Waals surface area (Å²) in [6.45, 7) is 7.93. The average molecular weight is 411 g/mol. The molecule has 0 heterocycles. The van der Waals surface area contributed by atoms with E-state index >= 15 is 0 Å². The van der Waals surface area contributed by atoms with Crippen LogP contribution in [0.1, 0.15) is 44.5 Å². The molecule has 0 saturated carbocycles. The van der Waals surface area contributed by atoms with Gasteiger partial charge in [-0.1, -0.05) is 59.7 Å². The molecule has 0 unspecified atom stereocenters. The summed E-state index contributed by atoms with van der Waals surface area (Å²) >= 11 is 0. The van der Waals surface area contributed by atoms with E-state index in [0.29, 0.717) is 0 Å². The molecule has 31 heavy (non-hydrogen) atoms. The molecule has 4 aromatic carbocycles. The summed E-state index contributed by atoms with van der Waals surface area (Å²) in [6.07, 6.45) is 0. The number of halogens is 2. The van der Waals surface area contributed by atoms with E-state index in [1.165, 1.54) is 12.1 Å². The lowest BCUT2D eigenvalue weighted by Gasteiger charge is -2.34. The third-order valence-corrected chi connectivity index (χ3v) is 6.40. The van der Waals surface area contributed by atoms with Crippen molar-refractivity contribution < 1.29 is 8.78 Å². The van der Waals surface area contributed by atoms with Crippen molar-refractivity contribution in [1.82, 2.24) is 0 Å². The minimum absolute atomic E-state index is 0.280. The molecule has 0 aromatic heterocycles. The molecule has 5 rings (SSSR count). The average Bonchev–Trinajstić information content (AvgIpc) is 2.96. The number of aryl methyl sites for hydroxylation is 4. The number of benzene rings is 4. The predicted octanol–water partition coefficient (Wildman–Crippen LogP) is 7.56. The lowest BCUT2D eigenvalue weighted by atomic mass is 9.67. The molecule has 0 nitrogen and oxygen atoms in total. The lowest BCUT2D eigenvalue weighted by Crippen LogP contribution is -2.29. The van der Waals surface area contributed by atoms with Crippen LogP contribution in [0.4, 0.5) is 8.78 Å². The predicted molar refractivity (Wildman–Crippen MR) is 123 cm³/mol. The molecule has 154 valence electrons. The maximum absolute atomic E-state index is 14.8. The molecule has 0 fully saturated rings. The molecule has 0 spiro atoms. The van der Waals surface area contributed by atoms with E-state index in [4.69, 9.17) is 0 Å². The number of hydrogen-bond acceptors (Lipinski definition) is 0. The first-order chi connectivity index (χ1) is 14.8. The van der Waals surface area contributed by atoms with Gasteiger partial charge >= 0.3 is 0 Å². The van der Waals surface area contributed by atoms with Crippen molar-refractivity contribution in [2.75, 3.05) is 0 Å². The van der Waals surface area contributed by atoms with Gasteiger partial charge in [0.2, 0.25) is 0 Å². The van der Waals surface area contributed by atoms with E-state index in [-0.39, 0.29) is 11.6 Å². The zero-order valence-corrected chi connectivity index (χ0v) is 18.2. The van der Waals surface area contributed by atoms with Crippen LogP contribution in [-0.2, 0) is 5.41 Å². The van der Waals surface area contributed by atoms with E-state index in [0.717, 1.165) is 55.6 Å². The SMILES string of the molecule is Cc1cc(F)cc(C2(c3cc(C)cc(F)c3)c3cc(C)ccc3-c3ccc(C)cc32)c1. The molecule has 1 aliphatic rings. The first kappa shape index (κ1) is 19.7. The molecule has 0 aliphatic heterocycles. The first-order valence-electron chi connectivity index (χ1n) is 10.6. The smallest absolute Gasteiger partial charge is 0.123 e. The van der Waals surface area contributed by atoms with E-state index in [9.17, 15) is 8.78 Å². The molecular weight excluding hydrogens is 386 g/mol. The fourth-order valence-corrected chi connectivity index (χ4v) is 5.25. The van der Waals surface area contributed by atoms with Crippen molar-refractivity contribution in [2.24, 2.45) is 0 Å². The van der Waals surface area contributed by atoms with Crippen molar-refractivity contribution in [3.63, 3.8) is 0 Å². The first-order valence-corrected chi connectivity index (χ1v) is 10.6. The van der Waals surface area contributed by atoms with Gasteiger partial charge in [-0.3, -0.25) is 0 Å². The molecular formula is C29H24F2. The monoisotopic (exact) mass is 410 g/mol. The van der Waals surface area contributed by atoms with Crippen LogP contribution in [0.2, 0.25) is 0 Å². The molecule has 0 atom stereocenters. The van der Waals surface area contributed by atoms with Crippen LogP contribution in [0, 0.1) is 39.3 Å². The summed E-state index contributed by atoms with van der Waals surface area (Å²) in [5, 5.41) is 0. The highest BCUT2D eigenvalue weighted by molar-refractivity contribution is 5.86. The second-order valence-corrected chi connectivity index (χ2v) is 8.88. The van der Waals surface area contributed by atoms with Gasteiger partial charge in [0.25, 0.3) is 0 Å². The van der Waals surface area contributed by atoms with Crippen LogP contribution >= 0.6 is 0 Å². The van der Waals surface area contributed by atoms with Crippen LogP contribution < -0.4 is 0 Å². The Morgan fingerprint density at radius 2 is 0.903 bits per heavy atom. The minimum atomic E-state index is -0.789. The van der Waals surface area contributed by atoms with Crippen LogP contribution in [0.15, 0.2) is 72.8 Å². The summed E-state index contributed by atoms with van der Waals surface area (Å²) in [7, 11) is 0. The molecule has 2 heteroatoms. The molecule has 0 bridgehead atoms. The maximum Gasteiger partial charge on any atom is 0.123 e.